The van der Waals surface area contributed by atoms with Gasteiger partial charge in [0, 0.05) is 29.0 Å². The highest BCUT2D eigenvalue weighted by atomic mass is 35.5. The van der Waals surface area contributed by atoms with Gasteiger partial charge in [-0.15, -0.1) is 0 Å². The Kier molecular flexibility index (Phi) is 4.66. The van der Waals surface area contributed by atoms with Gasteiger partial charge < -0.3 is 19.8 Å². The molecule has 29 heavy (non-hydrogen) atoms. The van der Waals surface area contributed by atoms with E-state index in [4.69, 9.17) is 28.3 Å². The van der Waals surface area contributed by atoms with Crippen LogP contribution in [0.15, 0.2) is 35.1 Å². The van der Waals surface area contributed by atoms with Crippen molar-refractivity contribution in [3.05, 3.63) is 45.7 Å². The lowest BCUT2D eigenvalue weighted by Gasteiger charge is -2.40. The van der Waals surface area contributed by atoms with Gasteiger partial charge in [-0.3, -0.25) is 14.5 Å². The minimum absolute atomic E-state index is 0.00800. The van der Waals surface area contributed by atoms with Gasteiger partial charge >= 0.3 is 12.0 Å². The van der Waals surface area contributed by atoms with Crippen LogP contribution >= 0.6 is 23.2 Å². The van der Waals surface area contributed by atoms with E-state index in [1.807, 2.05) is 0 Å². The van der Waals surface area contributed by atoms with E-state index < -0.39 is 30.1 Å². The summed E-state index contributed by atoms with van der Waals surface area (Å²) in [5.74, 6) is -1.10. The van der Waals surface area contributed by atoms with E-state index in [-0.39, 0.29) is 13.1 Å². The molecule has 3 aliphatic heterocycles. The van der Waals surface area contributed by atoms with Crippen LogP contribution in [0.2, 0.25) is 10.0 Å². The molecule has 0 aliphatic carbocycles. The van der Waals surface area contributed by atoms with Crippen LogP contribution in [0.4, 0.5) is 4.79 Å². The zero-order chi connectivity index (χ0) is 21.0. The molecule has 1 fully saturated rings. The summed E-state index contributed by atoms with van der Waals surface area (Å²) in [6.07, 6.45) is 0.948. The van der Waals surface area contributed by atoms with Crippen LogP contribution in [-0.4, -0.2) is 74.4 Å². The first-order chi connectivity index (χ1) is 13.7. The lowest BCUT2D eigenvalue weighted by Crippen LogP contribution is -2.63. The van der Waals surface area contributed by atoms with Crippen LogP contribution in [-0.2, 0) is 16.1 Å². The SMILES string of the molecule is CC1=CN2C(=NC3C2C(=O)N(Cc2ccc(Cl)cc2Cl)C(=O)N3C)N1CC(=O)O. The number of aliphatic imine (C=N–C) groups is 1. The number of urea groups is 1. The highest BCUT2D eigenvalue weighted by Gasteiger charge is 2.54. The summed E-state index contributed by atoms with van der Waals surface area (Å²) in [5, 5.41) is 9.98. The molecule has 0 aromatic heterocycles. The summed E-state index contributed by atoms with van der Waals surface area (Å²) < 4.78 is 0. The number of likely N-dealkylation sites (N-methyl/N-ethyl adjacent to an activating group) is 1. The Morgan fingerprint density at radius 3 is 2.62 bits per heavy atom. The van der Waals surface area contributed by atoms with Crippen molar-refractivity contribution >= 4 is 47.1 Å². The van der Waals surface area contributed by atoms with Gasteiger partial charge in [-0.05, 0) is 24.6 Å². The van der Waals surface area contributed by atoms with Crippen LogP contribution in [0.3, 0.4) is 0 Å². The van der Waals surface area contributed by atoms with Crippen LogP contribution in [0.25, 0.3) is 0 Å². The summed E-state index contributed by atoms with van der Waals surface area (Å²) in [4.78, 5) is 47.4. The Morgan fingerprint density at radius 1 is 1.24 bits per heavy atom. The number of halogens is 2. The Labute approximate surface area is 176 Å². The van der Waals surface area contributed by atoms with E-state index >= 15 is 0 Å². The van der Waals surface area contributed by atoms with Gasteiger partial charge in [0.25, 0.3) is 5.91 Å². The molecule has 152 valence electrons. The third-order valence-corrected chi connectivity index (χ3v) is 5.73. The van der Waals surface area contributed by atoms with Gasteiger partial charge in [0.15, 0.2) is 12.2 Å². The molecule has 0 saturated carbocycles. The van der Waals surface area contributed by atoms with Crippen LogP contribution in [0, 0.1) is 0 Å². The van der Waals surface area contributed by atoms with Crippen molar-refractivity contribution in [1.82, 2.24) is 19.6 Å². The summed E-state index contributed by atoms with van der Waals surface area (Å²) in [5.41, 5.74) is 1.24. The van der Waals surface area contributed by atoms with Crippen molar-refractivity contribution in [2.24, 2.45) is 4.99 Å². The van der Waals surface area contributed by atoms with E-state index in [2.05, 4.69) is 4.99 Å². The van der Waals surface area contributed by atoms with Crippen molar-refractivity contribution in [3.63, 3.8) is 0 Å². The lowest BCUT2D eigenvalue weighted by atomic mass is 10.1. The van der Waals surface area contributed by atoms with Gasteiger partial charge in [0.1, 0.15) is 6.54 Å². The monoisotopic (exact) mass is 437 g/mol. The smallest absolute Gasteiger partial charge is 0.328 e. The molecule has 2 atom stereocenters. The molecule has 1 aromatic carbocycles. The summed E-state index contributed by atoms with van der Waals surface area (Å²) in [6.45, 7) is 1.45. The molecule has 1 N–H and O–H groups in total. The molecular weight excluding hydrogens is 421 g/mol. The number of carbonyl (C=O) groups excluding carboxylic acids is 2. The number of carbonyl (C=O) groups is 3. The van der Waals surface area contributed by atoms with Crippen molar-refractivity contribution in [3.8, 4) is 0 Å². The third kappa shape index (κ3) is 3.10. The molecule has 3 amide bonds. The van der Waals surface area contributed by atoms with Gasteiger partial charge in [-0.2, -0.15) is 0 Å². The minimum atomic E-state index is -1.02. The molecule has 4 rings (SSSR count). The maximum atomic E-state index is 13.3. The normalized spacial score (nSPS) is 23.3. The Bertz CT molecular complexity index is 994. The number of aliphatic carboxylic acids is 1. The van der Waals surface area contributed by atoms with Gasteiger partial charge in [-0.1, -0.05) is 29.3 Å². The first-order valence-corrected chi connectivity index (χ1v) is 9.50. The molecule has 0 radical (unpaired) electrons. The number of guanidine groups is 1. The number of nitrogens with zero attached hydrogens (tertiary/aromatic N) is 5. The number of imide groups is 1. The molecule has 3 aliphatic rings. The highest BCUT2D eigenvalue weighted by molar-refractivity contribution is 6.35. The van der Waals surface area contributed by atoms with Crippen LogP contribution < -0.4 is 0 Å². The van der Waals surface area contributed by atoms with E-state index in [1.54, 1.807) is 43.3 Å². The first kappa shape index (κ1) is 19.5. The molecule has 2 unspecified atom stereocenters. The summed E-state index contributed by atoms with van der Waals surface area (Å²) >= 11 is 12.1. The number of fused-ring (bicyclic) bond motifs is 3. The number of hydrogen-bond acceptors (Lipinski definition) is 6. The van der Waals surface area contributed by atoms with Gasteiger partial charge in [-0.25, -0.2) is 9.79 Å². The zero-order valence-corrected chi connectivity index (χ0v) is 17.1. The Balaban J connectivity index is 1.64. The second kappa shape index (κ2) is 6.93. The number of allylic oxidation sites excluding steroid dienone is 1. The first-order valence-electron chi connectivity index (χ1n) is 8.75. The summed E-state index contributed by atoms with van der Waals surface area (Å²) in [7, 11) is 1.56. The molecule has 1 saturated heterocycles. The van der Waals surface area contributed by atoms with Crippen molar-refractivity contribution in [1.29, 1.82) is 0 Å². The Morgan fingerprint density at radius 2 is 1.97 bits per heavy atom. The fourth-order valence-electron chi connectivity index (χ4n) is 3.70. The molecule has 9 nitrogen and oxygen atoms in total. The highest BCUT2D eigenvalue weighted by Crippen LogP contribution is 2.34. The van der Waals surface area contributed by atoms with E-state index in [0.29, 0.717) is 27.3 Å². The predicted octanol–water partition coefficient (Wildman–Crippen LogP) is 2.02. The van der Waals surface area contributed by atoms with Crippen molar-refractivity contribution in [2.75, 3.05) is 13.6 Å². The predicted molar refractivity (Wildman–Crippen MR) is 105 cm³/mol. The number of amides is 3. The molecular formula is C18H17Cl2N5O4. The van der Waals surface area contributed by atoms with Crippen molar-refractivity contribution in [2.45, 2.75) is 25.7 Å². The quantitative estimate of drug-likeness (QED) is 0.773. The molecule has 11 heteroatoms. The van der Waals surface area contributed by atoms with E-state index in [9.17, 15) is 14.4 Å². The average molecular weight is 438 g/mol. The standard InChI is InChI=1S/C18H17Cl2N5O4/c1-9-6-24-14-15(21-17(24)23(9)8-13(26)27)22(2)18(29)25(16(14)28)7-10-3-4-11(19)5-12(10)20/h3-6,14-15H,7-8H2,1-2H3,(H,26,27). The second-order valence-corrected chi connectivity index (χ2v) is 7.84. The minimum Gasteiger partial charge on any atom is -0.480 e. The van der Waals surface area contributed by atoms with Crippen LogP contribution in [0.1, 0.15) is 12.5 Å². The maximum Gasteiger partial charge on any atom is 0.328 e. The largest absolute Gasteiger partial charge is 0.480 e. The van der Waals surface area contributed by atoms with E-state index in [1.165, 1.54) is 9.80 Å². The molecule has 1 aromatic rings. The van der Waals surface area contributed by atoms with Gasteiger partial charge in [0.05, 0.1) is 6.54 Å². The van der Waals surface area contributed by atoms with Crippen LogP contribution in [0.5, 0.6) is 0 Å². The fourth-order valence-corrected chi connectivity index (χ4v) is 4.17. The molecule has 0 spiro atoms. The zero-order valence-electron chi connectivity index (χ0n) is 15.5. The Hall–Kier alpha value is -2.78. The average Bonchev–Trinajstić information content (AvgIpc) is 3.15. The van der Waals surface area contributed by atoms with Crippen molar-refractivity contribution < 1.29 is 19.5 Å². The summed E-state index contributed by atoms with van der Waals surface area (Å²) in [6, 6.07) is 3.59. The maximum absolute atomic E-state index is 13.3. The topological polar surface area (TPSA) is 96.8 Å². The third-order valence-electron chi connectivity index (χ3n) is 5.14. The number of carboxylic acids is 1. The lowest BCUT2D eigenvalue weighted by molar-refractivity contribution is -0.137. The number of hydrogen-bond donors (Lipinski definition) is 1. The number of carboxylic acid groups (broad SMARTS) is 1. The van der Waals surface area contributed by atoms with Gasteiger partial charge in [0.2, 0.25) is 5.96 Å². The van der Waals surface area contributed by atoms with E-state index in [0.717, 1.165) is 4.90 Å². The fraction of sp³-hybridized carbons (Fsp3) is 0.333. The second-order valence-electron chi connectivity index (χ2n) is 7.00. The molecule has 0 bridgehead atoms. The number of rotatable bonds is 4. The molecule has 3 heterocycles. The number of benzene rings is 1.